The zero-order valence-electron chi connectivity index (χ0n) is 15.0. The van der Waals surface area contributed by atoms with Crippen LogP contribution in [-0.2, 0) is 16.5 Å². The van der Waals surface area contributed by atoms with E-state index >= 15 is 0 Å². The van der Waals surface area contributed by atoms with Crippen LogP contribution in [0.1, 0.15) is 0 Å². The highest BCUT2D eigenvalue weighted by Gasteiger charge is 2.52. The molecular formula is C11H32O5Si5. The maximum absolute atomic E-state index is 10.1. The van der Waals surface area contributed by atoms with Crippen molar-refractivity contribution in [3.63, 3.8) is 0 Å². The summed E-state index contributed by atoms with van der Waals surface area (Å²) in [5, 5.41) is 0. The fourth-order valence-corrected chi connectivity index (χ4v) is 28.0. The summed E-state index contributed by atoms with van der Waals surface area (Å²) >= 11 is 0. The Labute approximate surface area is 135 Å². The minimum atomic E-state index is -2.39. The summed E-state index contributed by atoms with van der Waals surface area (Å²) < 4.78 is 25.5. The molecule has 1 aliphatic heterocycles. The molecule has 0 unspecified atom stereocenters. The lowest BCUT2D eigenvalue weighted by molar-refractivity contribution is 0.234. The molecule has 1 saturated heterocycles. The highest BCUT2D eigenvalue weighted by Crippen LogP contribution is 2.33. The monoisotopic (exact) mass is 384 g/mol. The first-order chi connectivity index (χ1) is 9.04. The summed E-state index contributed by atoms with van der Waals surface area (Å²) in [4.78, 5) is 10.1. The number of hydrogen-bond donors (Lipinski definition) is 1. The quantitative estimate of drug-likeness (QED) is 0.755. The van der Waals surface area contributed by atoms with Crippen LogP contribution in [0.25, 0.3) is 0 Å². The SMILES string of the molecule is C[Si](C)(O)CC[Si]1(C)O[Si](C)(C)O[Si](C)(C)O[Si](C)(C)O1. The predicted molar refractivity (Wildman–Crippen MR) is 97.7 cm³/mol. The molecule has 5 nitrogen and oxygen atoms in total. The van der Waals surface area contributed by atoms with E-state index in [9.17, 15) is 4.80 Å². The second kappa shape index (κ2) is 6.07. The highest BCUT2D eigenvalue weighted by molar-refractivity contribution is 6.93. The van der Waals surface area contributed by atoms with E-state index in [1.165, 1.54) is 0 Å². The van der Waals surface area contributed by atoms with Crippen LogP contribution in [0.4, 0.5) is 0 Å². The van der Waals surface area contributed by atoms with Gasteiger partial charge in [-0.1, -0.05) is 0 Å². The van der Waals surface area contributed by atoms with Gasteiger partial charge >= 0.3 is 34.2 Å². The minimum absolute atomic E-state index is 0.797. The molecule has 10 heteroatoms. The summed E-state index contributed by atoms with van der Waals surface area (Å²) in [5.41, 5.74) is 0. The van der Waals surface area contributed by atoms with Crippen molar-refractivity contribution in [2.24, 2.45) is 0 Å². The van der Waals surface area contributed by atoms with E-state index in [2.05, 4.69) is 45.8 Å². The molecule has 126 valence electrons. The molecule has 0 atom stereocenters. The van der Waals surface area contributed by atoms with Gasteiger partial charge in [-0.15, -0.1) is 0 Å². The molecule has 1 rings (SSSR count). The van der Waals surface area contributed by atoms with Crippen LogP contribution in [0.5, 0.6) is 0 Å². The topological polar surface area (TPSA) is 57.2 Å². The van der Waals surface area contributed by atoms with Crippen molar-refractivity contribution in [2.45, 2.75) is 71.0 Å². The normalized spacial score (nSPS) is 27.7. The third kappa shape index (κ3) is 7.33. The van der Waals surface area contributed by atoms with Gasteiger partial charge in [0.1, 0.15) is 0 Å². The van der Waals surface area contributed by atoms with Crippen molar-refractivity contribution in [3.05, 3.63) is 0 Å². The number of hydrogen-bond acceptors (Lipinski definition) is 5. The van der Waals surface area contributed by atoms with E-state index in [0.717, 1.165) is 12.1 Å². The molecule has 1 N–H and O–H groups in total. The second-order valence-corrected chi connectivity index (χ2v) is 26.6. The van der Waals surface area contributed by atoms with Crippen molar-refractivity contribution < 1.29 is 21.3 Å². The molecule has 0 bridgehead atoms. The summed E-state index contributed by atoms with van der Waals surface area (Å²) in [7, 11) is -11.3. The van der Waals surface area contributed by atoms with E-state index in [0.29, 0.717) is 0 Å². The molecule has 21 heavy (non-hydrogen) atoms. The van der Waals surface area contributed by atoms with Gasteiger partial charge in [0.15, 0.2) is 8.32 Å². The predicted octanol–water partition coefficient (Wildman–Crippen LogP) is 3.44. The Morgan fingerprint density at radius 2 is 1.05 bits per heavy atom. The van der Waals surface area contributed by atoms with Crippen molar-refractivity contribution in [1.82, 2.24) is 0 Å². The second-order valence-electron chi connectivity index (χ2n) is 8.05. The average molecular weight is 385 g/mol. The van der Waals surface area contributed by atoms with E-state index in [4.69, 9.17) is 16.5 Å². The first-order valence-corrected chi connectivity index (χ1v) is 21.7. The summed E-state index contributed by atoms with van der Waals surface area (Å²) in [5.74, 6) is 0. The molecule has 0 aromatic heterocycles. The molecule has 0 aromatic rings. The Morgan fingerprint density at radius 1 is 0.714 bits per heavy atom. The minimum Gasteiger partial charge on any atom is -0.432 e. The van der Waals surface area contributed by atoms with Crippen molar-refractivity contribution in [2.75, 3.05) is 0 Å². The lowest BCUT2D eigenvalue weighted by Crippen LogP contribution is -2.65. The van der Waals surface area contributed by atoms with E-state index < -0.39 is 42.6 Å². The molecule has 0 spiro atoms. The maximum atomic E-state index is 10.1. The van der Waals surface area contributed by atoms with Crippen LogP contribution in [0, 0.1) is 0 Å². The number of rotatable bonds is 3. The summed E-state index contributed by atoms with van der Waals surface area (Å²) in [6, 6.07) is 1.61. The molecule has 0 saturated carbocycles. The van der Waals surface area contributed by atoms with Gasteiger partial charge in [-0.25, -0.2) is 0 Å². The molecule has 1 heterocycles. The largest absolute Gasteiger partial charge is 0.432 e. The molecule has 0 aromatic carbocycles. The molecule has 0 radical (unpaired) electrons. The summed E-state index contributed by atoms with van der Waals surface area (Å²) in [6.45, 7) is 18.4. The van der Waals surface area contributed by atoms with Gasteiger partial charge in [-0.3, -0.25) is 0 Å². The smallest absolute Gasteiger partial charge is 0.317 e. The fraction of sp³-hybridized carbons (Fsp3) is 1.00. The Morgan fingerprint density at radius 3 is 1.38 bits per heavy atom. The van der Waals surface area contributed by atoms with Crippen LogP contribution in [-0.4, -0.2) is 47.4 Å². The average Bonchev–Trinajstić information content (AvgIpc) is 2.04. The van der Waals surface area contributed by atoms with Crippen LogP contribution >= 0.6 is 0 Å². The van der Waals surface area contributed by atoms with Crippen LogP contribution in [0.15, 0.2) is 0 Å². The Bertz CT molecular complexity index is 358. The van der Waals surface area contributed by atoms with Crippen LogP contribution < -0.4 is 0 Å². The molecule has 1 fully saturated rings. The lowest BCUT2D eigenvalue weighted by atomic mass is 10.9. The Balaban J connectivity index is 2.98. The fourth-order valence-electron chi connectivity index (χ4n) is 2.94. The maximum Gasteiger partial charge on any atom is 0.317 e. The first kappa shape index (κ1) is 19.9. The van der Waals surface area contributed by atoms with E-state index in [1.807, 2.05) is 13.1 Å². The lowest BCUT2D eigenvalue weighted by Gasteiger charge is -2.47. The van der Waals surface area contributed by atoms with E-state index in [1.54, 1.807) is 0 Å². The zero-order valence-corrected chi connectivity index (χ0v) is 20.0. The molecule has 0 aliphatic carbocycles. The highest BCUT2D eigenvalue weighted by atomic mass is 28.5. The Hall–Kier alpha value is 0.884. The summed E-state index contributed by atoms with van der Waals surface area (Å²) in [6.07, 6.45) is 0. The van der Waals surface area contributed by atoms with Gasteiger partial charge in [0.2, 0.25) is 0 Å². The molecular weight excluding hydrogens is 353 g/mol. The van der Waals surface area contributed by atoms with Crippen molar-refractivity contribution in [1.29, 1.82) is 0 Å². The van der Waals surface area contributed by atoms with Crippen LogP contribution in [0.2, 0.25) is 71.0 Å². The Kier molecular flexibility index (Phi) is 5.76. The van der Waals surface area contributed by atoms with Gasteiger partial charge in [-0.2, -0.15) is 0 Å². The van der Waals surface area contributed by atoms with Crippen molar-refractivity contribution in [3.8, 4) is 0 Å². The van der Waals surface area contributed by atoms with Gasteiger partial charge in [0.25, 0.3) is 0 Å². The standard InChI is InChI=1S/C11H32O5Si5/c1-17(2,12)10-11-21(9)15-19(5,6)13-18(3,4)14-20(7,8)16-21/h12H,10-11H2,1-9H3. The van der Waals surface area contributed by atoms with Gasteiger partial charge in [0, 0.05) is 0 Å². The van der Waals surface area contributed by atoms with Gasteiger partial charge < -0.3 is 21.3 Å². The molecule has 0 amide bonds. The first-order valence-electron chi connectivity index (χ1n) is 7.56. The van der Waals surface area contributed by atoms with Gasteiger partial charge in [-0.05, 0) is 71.0 Å². The third-order valence-corrected chi connectivity index (χ3v) is 21.5. The zero-order chi connectivity index (χ0) is 16.7. The van der Waals surface area contributed by atoms with Crippen molar-refractivity contribution >= 4 is 42.6 Å². The van der Waals surface area contributed by atoms with Crippen LogP contribution in [0.3, 0.4) is 0 Å². The molecule has 1 aliphatic rings. The van der Waals surface area contributed by atoms with Gasteiger partial charge in [0.05, 0.1) is 0 Å². The third-order valence-electron chi connectivity index (χ3n) is 3.10. The van der Waals surface area contributed by atoms with E-state index in [-0.39, 0.29) is 0 Å².